The van der Waals surface area contributed by atoms with Gasteiger partial charge in [0.05, 0.1) is 10.4 Å². The minimum atomic E-state index is -3.51. The first-order valence-electron chi connectivity index (χ1n) is 12.1. The summed E-state index contributed by atoms with van der Waals surface area (Å²) in [5.74, 6) is 0.733. The van der Waals surface area contributed by atoms with Crippen LogP contribution in [0.2, 0.25) is 0 Å². The zero-order valence-electron chi connectivity index (χ0n) is 21.2. The highest BCUT2D eigenvalue weighted by atomic mass is 32.2. The van der Waals surface area contributed by atoms with E-state index in [4.69, 9.17) is 5.10 Å². The maximum atomic E-state index is 12.4. The van der Waals surface area contributed by atoms with E-state index in [1.165, 1.54) is 0 Å². The highest BCUT2D eigenvalue weighted by Gasteiger charge is 2.20. The molecular weight excluding hydrogens is 470 g/mol. The molecule has 0 spiro atoms. The molecule has 2 aromatic heterocycles. The van der Waals surface area contributed by atoms with Gasteiger partial charge in [-0.3, -0.25) is 4.68 Å². The number of hydrogen-bond donors (Lipinski definition) is 2. The van der Waals surface area contributed by atoms with E-state index >= 15 is 0 Å². The molecule has 0 atom stereocenters. The van der Waals surface area contributed by atoms with Gasteiger partial charge in [-0.2, -0.15) is 5.10 Å². The fourth-order valence-electron chi connectivity index (χ4n) is 3.74. The second-order valence-electron chi connectivity index (χ2n) is 9.79. The molecule has 8 heteroatoms. The third-order valence-electron chi connectivity index (χ3n) is 5.80. The van der Waals surface area contributed by atoms with Crippen LogP contribution in [-0.2, 0) is 15.6 Å². The number of aryl methyl sites for hydroxylation is 1. The summed E-state index contributed by atoms with van der Waals surface area (Å²) in [5.41, 5.74) is 4.90. The topological polar surface area (TPSA) is 88.9 Å². The summed E-state index contributed by atoms with van der Waals surface area (Å²) in [5, 5.41) is 8.22. The minimum Gasteiger partial charge on any atom is -0.370 e. The second kappa shape index (κ2) is 10.6. The van der Waals surface area contributed by atoms with Gasteiger partial charge in [0.25, 0.3) is 0 Å². The van der Waals surface area contributed by atoms with Crippen LogP contribution >= 0.6 is 0 Å². The van der Waals surface area contributed by atoms with Gasteiger partial charge < -0.3 is 5.32 Å². The average Bonchev–Trinajstić information content (AvgIpc) is 3.31. The van der Waals surface area contributed by atoms with Crippen LogP contribution in [0.4, 0.5) is 5.82 Å². The van der Waals surface area contributed by atoms with Crippen molar-refractivity contribution in [3.05, 3.63) is 84.7 Å². The molecule has 0 saturated carbocycles. The smallest absolute Gasteiger partial charge is 0.240 e. The van der Waals surface area contributed by atoms with Crippen molar-refractivity contribution in [1.82, 2.24) is 19.5 Å². The summed E-state index contributed by atoms with van der Waals surface area (Å²) in [4.78, 5) is 4.73. The molecule has 4 rings (SSSR count). The van der Waals surface area contributed by atoms with Crippen LogP contribution < -0.4 is 10.0 Å². The van der Waals surface area contributed by atoms with E-state index in [0.29, 0.717) is 19.5 Å². The first-order chi connectivity index (χ1) is 17.1. The maximum absolute atomic E-state index is 12.4. The first kappa shape index (κ1) is 25.6. The summed E-state index contributed by atoms with van der Waals surface area (Å²) < 4.78 is 29.6. The Morgan fingerprint density at radius 3 is 2.33 bits per heavy atom. The Labute approximate surface area is 213 Å². The van der Waals surface area contributed by atoms with Crippen molar-refractivity contribution in [1.29, 1.82) is 0 Å². The summed E-state index contributed by atoms with van der Waals surface area (Å²) in [7, 11) is -3.51. The number of pyridine rings is 1. The molecule has 0 bridgehead atoms. The van der Waals surface area contributed by atoms with Crippen LogP contribution in [0.1, 0.15) is 32.8 Å². The number of benzene rings is 2. The van der Waals surface area contributed by atoms with Crippen molar-refractivity contribution in [2.24, 2.45) is 0 Å². The molecule has 0 fully saturated rings. The van der Waals surface area contributed by atoms with Crippen molar-refractivity contribution in [3.63, 3.8) is 0 Å². The van der Waals surface area contributed by atoms with E-state index in [1.54, 1.807) is 30.5 Å². The van der Waals surface area contributed by atoms with Crippen molar-refractivity contribution in [3.8, 4) is 22.4 Å². The lowest BCUT2D eigenvalue weighted by Gasteiger charge is -2.18. The maximum Gasteiger partial charge on any atom is 0.240 e. The monoisotopic (exact) mass is 503 g/mol. The predicted octanol–water partition coefficient (Wildman–Crippen LogP) is 5.46. The van der Waals surface area contributed by atoms with E-state index in [2.05, 4.69) is 54.1 Å². The Bertz CT molecular complexity index is 1410. The third-order valence-corrected chi connectivity index (χ3v) is 7.28. The molecule has 0 radical (unpaired) electrons. The standard InChI is InChI=1S/C28H33N5O2S/c1-21-11-13-24(14-12-21)36(34,35)31-17-8-16-29-26-19-23(15-18-30-26)25-20-33(28(2,3)4)32-27(25)22-9-6-5-7-10-22/h5-7,9-15,18-20,31H,8,16-17H2,1-4H3,(H,29,30). The number of sulfonamides is 1. The fraction of sp³-hybridized carbons (Fsp3) is 0.286. The number of nitrogens with zero attached hydrogens (tertiary/aromatic N) is 3. The van der Waals surface area contributed by atoms with Gasteiger partial charge in [0.2, 0.25) is 10.0 Å². The van der Waals surface area contributed by atoms with E-state index in [9.17, 15) is 8.42 Å². The average molecular weight is 504 g/mol. The molecule has 0 saturated heterocycles. The van der Waals surface area contributed by atoms with E-state index in [1.807, 2.05) is 41.9 Å². The second-order valence-corrected chi connectivity index (χ2v) is 11.6. The Balaban J connectivity index is 1.43. The van der Waals surface area contributed by atoms with Crippen molar-refractivity contribution < 1.29 is 8.42 Å². The lowest BCUT2D eigenvalue weighted by Crippen LogP contribution is -2.26. The van der Waals surface area contributed by atoms with Crippen LogP contribution in [0.3, 0.4) is 0 Å². The molecule has 7 nitrogen and oxygen atoms in total. The molecule has 2 heterocycles. The van der Waals surface area contributed by atoms with Crippen molar-refractivity contribution >= 4 is 15.8 Å². The lowest BCUT2D eigenvalue weighted by molar-refractivity contribution is 0.356. The van der Waals surface area contributed by atoms with Gasteiger partial charge in [-0.1, -0.05) is 48.0 Å². The van der Waals surface area contributed by atoms with Crippen LogP contribution in [0.5, 0.6) is 0 Å². The summed E-state index contributed by atoms with van der Waals surface area (Å²) in [6.07, 6.45) is 4.48. The lowest BCUT2D eigenvalue weighted by atomic mass is 10.0. The number of anilines is 1. The molecule has 0 aliphatic carbocycles. The SMILES string of the molecule is Cc1ccc(S(=O)(=O)NCCCNc2cc(-c3cn(C(C)(C)C)nc3-c3ccccc3)ccn2)cc1. The predicted molar refractivity (Wildman–Crippen MR) is 145 cm³/mol. The number of rotatable bonds is 9. The zero-order chi connectivity index (χ0) is 25.8. The van der Waals surface area contributed by atoms with Crippen molar-refractivity contribution in [2.75, 3.05) is 18.4 Å². The molecule has 188 valence electrons. The van der Waals surface area contributed by atoms with E-state index < -0.39 is 10.0 Å². The molecule has 4 aromatic rings. The first-order valence-corrected chi connectivity index (χ1v) is 13.5. The molecule has 0 unspecified atom stereocenters. The zero-order valence-corrected chi connectivity index (χ0v) is 22.0. The summed E-state index contributed by atoms with van der Waals surface area (Å²) in [6.45, 7) is 9.23. The molecule has 36 heavy (non-hydrogen) atoms. The van der Waals surface area contributed by atoms with Crippen LogP contribution in [0, 0.1) is 6.92 Å². The number of aromatic nitrogens is 3. The van der Waals surface area contributed by atoms with Gasteiger partial charge in [-0.05, 0) is 63.9 Å². The van der Waals surface area contributed by atoms with E-state index in [0.717, 1.165) is 33.8 Å². The van der Waals surface area contributed by atoms with Crippen LogP contribution in [0.25, 0.3) is 22.4 Å². The molecule has 2 N–H and O–H groups in total. The number of nitrogens with one attached hydrogen (secondary N) is 2. The molecular formula is C28H33N5O2S. The van der Waals surface area contributed by atoms with Crippen LogP contribution in [-0.4, -0.2) is 36.3 Å². The fourth-order valence-corrected chi connectivity index (χ4v) is 4.82. The Morgan fingerprint density at radius 1 is 0.917 bits per heavy atom. The highest BCUT2D eigenvalue weighted by Crippen LogP contribution is 2.33. The molecule has 0 amide bonds. The van der Waals surface area contributed by atoms with Gasteiger partial charge in [0, 0.05) is 36.6 Å². The molecule has 0 aliphatic heterocycles. The van der Waals surface area contributed by atoms with Gasteiger partial charge >= 0.3 is 0 Å². The minimum absolute atomic E-state index is 0.151. The Kier molecular flexibility index (Phi) is 7.56. The highest BCUT2D eigenvalue weighted by molar-refractivity contribution is 7.89. The quantitative estimate of drug-likeness (QED) is 0.296. The van der Waals surface area contributed by atoms with Crippen molar-refractivity contribution in [2.45, 2.75) is 44.6 Å². The summed E-state index contributed by atoms with van der Waals surface area (Å²) >= 11 is 0. The summed E-state index contributed by atoms with van der Waals surface area (Å²) in [6, 6.07) is 21.0. The normalized spacial score (nSPS) is 12.0. The van der Waals surface area contributed by atoms with Crippen LogP contribution in [0.15, 0.2) is 84.0 Å². The Hall–Kier alpha value is -3.49. The van der Waals surface area contributed by atoms with Gasteiger partial charge in [-0.15, -0.1) is 0 Å². The van der Waals surface area contributed by atoms with E-state index in [-0.39, 0.29) is 10.4 Å². The van der Waals surface area contributed by atoms with Gasteiger partial charge in [-0.25, -0.2) is 18.1 Å². The van der Waals surface area contributed by atoms with Gasteiger partial charge in [0.1, 0.15) is 11.5 Å². The largest absolute Gasteiger partial charge is 0.370 e. The van der Waals surface area contributed by atoms with Gasteiger partial charge in [0.15, 0.2) is 0 Å². The number of hydrogen-bond acceptors (Lipinski definition) is 5. The third kappa shape index (κ3) is 6.19. The Morgan fingerprint density at radius 2 is 1.64 bits per heavy atom. The molecule has 0 aliphatic rings. The molecule has 2 aromatic carbocycles.